The molecule has 4 aliphatic rings. The molecule has 0 spiro atoms. The smallest absolute Gasteiger partial charge is 0.416 e. The number of carbonyl (C=O) groups is 3. The second-order valence-corrected chi connectivity index (χ2v) is 16.8. The van der Waals surface area contributed by atoms with Crippen LogP contribution in [0.25, 0.3) is 0 Å². The van der Waals surface area contributed by atoms with Gasteiger partial charge in [0, 0.05) is 55.4 Å². The highest BCUT2D eigenvalue weighted by molar-refractivity contribution is 8.77. The monoisotopic (exact) mass is 846 g/mol. The van der Waals surface area contributed by atoms with Crippen molar-refractivity contribution in [3.8, 4) is 23.0 Å². The number of methoxy groups -OCH3 is 2. The molecule has 1 N–H and O–H groups in total. The summed E-state index contributed by atoms with van der Waals surface area (Å²) in [6, 6.07) is 8.14. The lowest BCUT2D eigenvalue weighted by molar-refractivity contribution is -0.388. The first kappa shape index (κ1) is 41.4. The molecule has 19 heteroatoms. The van der Waals surface area contributed by atoms with E-state index in [0.29, 0.717) is 42.1 Å². The Labute approximate surface area is 347 Å². The van der Waals surface area contributed by atoms with E-state index >= 15 is 0 Å². The van der Waals surface area contributed by atoms with Gasteiger partial charge in [-0.25, -0.2) is 14.7 Å². The van der Waals surface area contributed by atoms with Gasteiger partial charge in [-0.2, -0.15) is 0 Å². The number of carbonyl (C=O) groups excluding carboxylic acids is 3. The summed E-state index contributed by atoms with van der Waals surface area (Å²) in [6.45, 7) is 10.7. The fourth-order valence-electron chi connectivity index (χ4n) is 7.21. The summed E-state index contributed by atoms with van der Waals surface area (Å²) in [5.74, 6) is 0.619. The van der Waals surface area contributed by atoms with E-state index in [2.05, 4.69) is 23.1 Å². The number of amides is 3. The molecule has 3 unspecified atom stereocenters. The molecule has 3 amide bonds. The van der Waals surface area contributed by atoms with Crippen LogP contribution in [0.1, 0.15) is 46.9 Å². The standard InChI is InChI=1S/C40H42N6O11S2/c1-22-12-25-18-42-28-16-34(32(53-4)14-26(28)37(47)43(25)19-22)55-10-7-11-56-35-17-30-27(15-33(35)54-5)38(48)44-20-23(2)13-31(44)39(49)45(30)40(50)57-21-24(3)58-59-36-29(46(51)52)8-6-9-41-36/h6,8-9,14-18,24-25,31,39,49H,1-2,7,10-13,19-21H2,3-5H3/t24?,25?,31-,39?/m0/s1. The third-order valence-electron chi connectivity index (χ3n) is 10.1. The van der Waals surface area contributed by atoms with Gasteiger partial charge >= 0.3 is 11.8 Å². The Morgan fingerprint density at radius 2 is 1.64 bits per heavy atom. The maximum Gasteiger partial charge on any atom is 0.416 e. The van der Waals surface area contributed by atoms with Crippen LogP contribution in [0.3, 0.4) is 0 Å². The lowest BCUT2D eigenvalue weighted by Gasteiger charge is -2.31. The van der Waals surface area contributed by atoms with Crippen LogP contribution in [0.5, 0.6) is 23.0 Å². The summed E-state index contributed by atoms with van der Waals surface area (Å²) < 4.78 is 29.1. The van der Waals surface area contributed by atoms with Gasteiger partial charge in [-0.3, -0.25) is 24.7 Å². The summed E-state index contributed by atoms with van der Waals surface area (Å²) in [4.78, 5) is 65.1. The minimum atomic E-state index is -1.50. The lowest BCUT2D eigenvalue weighted by atomic mass is 10.1. The Hall–Kier alpha value is -5.79. The second-order valence-electron chi connectivity index (χ2n) is 14.2. The average molecular weight is 847 g/mol. The van der Waals surface area contributed by atoms with Crippen molar-refractivity contribution in [2.75, 3.05) is 52.0 Å². The highest BCUT2D eigenvalue weighted by atomic mass is 33.1. The molecule has 310 valence electrons. The van der Waals surface area contributed by atoms with Crippen LogP contribution in [0.15, 0.2) is 76.9 Å². The number of ether oxygens (including phenoxy) is 5. The molecule has 5 heterocycles. The number of aliphatic imine (C=N–C) groups is 1. The van der Waals surface area contributed by atoms with Gasteiger partial charge in [0.2, 0.25) is 0 Å². The number of benzene rings is 2. The molecule has 59 heavy (non-hydrogen) atoms. The molecule has 3 aromatic rings. The number of aliphatic hydroxyl groups is 1. The first-order valence-corrected chi connectivity index (χ1v) is 20.9. The van der Waals surface area contributed by atoms with E-state index in [1.807, 2.05) is 0 Å². The maximum absolute atomic E-state index is 14.0. The number of hydrogen-bond acceptors (Lipinski definition) is 15. The van der Waals surface area contributed by atoms with Crippen molar-refractivity contribution in [1.29, 1.82) is 0 Å². The van der Waals surface area contributed by atoms with Crippen LogP contribution in [0.4, 0.5) is 21.9 Å². The molecule has 4 atom stereocenters. The van der Waals surface area contributed by atoms with Crippen LogP contribution in [0, 0.1) is 10.1 Å². The van der Waals surface area contributed by atoms with E-state index in [-0.39, 0.29) is 83.4 Å². The summed E-state index contributed by atoms with van der Waals surface area (Å²) in [7, 11) is 5.23. The normalized spacial score (nSPS) is 19.9. The number of anilines is 1. The third-order valence-corrected chi connectivity index (χ3v) is 12.8. The topological polar surface area (TPSA) is 196 Å². The molecular formula is C40H42N6O11S2. The van der Waals surface area contributed by atoms with Gasteiger partial charge in [-0.15, -0.1) is 0 Å². The van der Waals surface area contributed by atoms with Crippen molar-refractivity contribution < 1.29 is 48.1 Å². The fourth-order valence-corrected chi connectivity index (χ4v) is 9.24. The van der Waals surface area contributed by atoms with E-state index in [9.17, 15) is 29.6 Å². The second kappa shape index (κ2) is 17.6. The zero-order valence-corrected chi connectivity index (χ0v) is 34.2. The summed E-state index contributed by atoms with van der Waals surface area (Å²) >= 11 is 0. The highest BCUT2D eigenvalue weighted by Crippen LogP contribution is 2.43. The van der Waals surface area contributed by atoms with E-state index in [0.717, 1.165) is 26.8 Å². The molecular weight excluding hydrogens is 805 g/mol. The first-order valence-electron chi connectivity index (χ1n) is 18.6. The molecule has 0 saturated carbocycles. The Kier molecular flexibility index (Phi) is 12.3. The van der Waals surface area contributed by atoms with Crippen molar-refractivity contribution in [2.45, 2.75) is 54.8 Å². The molecule has 0 aliphatic carbocycles. The van der Waals surface area contributed by atoms with Crippen molar-refractivity contribution in [3.63, 3.8) is 0 Å². The average Bonchev–Trinajstić information content (AvgIpc) is 3.77. The Bertz CT molecular complexity index is 2240. The molecule has 17 nitrogen and oxygen atoms in total. The van der Waals surface area contributed by atoms with Gasteiger partial charge in [0.05, 0.1) is 66.9 Å². The summed E-state index contributed by atoms with van der Waals surface area (Å²) in [6.07, 6.45) is 2.11. The van der Waals surface area contributed by atoms with E-state index < -0.39 is 29.2 Å². The predicted molar refractivity (Wildman–Crippen MR) is 221 cm³/mol. The number of rotatable bonds is 14. The van der Waals surface area contributed by atoms with Crippen LogP contribution < -0.4 is 23.8 Å². The SMILES string of the molecule is C=C1CC2C=Nc3cc(OCCCOc4cc5c(cc4OC)C(=O)N4CC(=C)C[C@H]4C(O)N5C(=O)OCC(C)SSc4ncccc4[N+](=O)[O-])c(OC)cc3C(=O)N2C1. The molecule has 1 aromatic heterocycles. The predicted octanol–water partition coefficient (Wildman–Crippen LogP) is 6.22. The molecule has 4 aliphatic heterocycles. The molecule has 0 radical (unpaired) electrons. The first-order chi connectivity index (χ1) is 28.4. The van der Waals surface area contributed by atoms with Crippen molar-refractivity contribution in [3.05, 3.63) is 88.1 Å². The van der Waals surface area contributed by atoms with Gasteiger partial charge in [0.15, 0.2) is 34.3 Å². The third kappa shape index (κ3) is 8.53. The van der Waals surface area contributed by atoms with Crippen LogP contribution in [-0.2, 0) is 4.74 Å². The number of nitro groups is 1. The summed E-state index contributed by atoms with van der Waals surface area (Å²) in [5, 5.41) is 23.0. The van der Waals surface area contributed by atoms with Crippen LogP contribution in [-0.4, -0.2) is 120 Å². The molecule has 0 bridgehead atoms. The van der Waals surface area contributed by atoms with Gasteiger partial charge in [-0.05, 0) is 48.8 Å². The van der Waals surface area contributed by atoms with Gasteiger partial charge in [0.25, 0.3) is 11.8 Å². The van der Waals surface area contributed by atoms with Gasteiger partial charge in [0.1, 0.15) is 6.61 Å². The largest absolute Gasteiger partial charge is 0.493 e. The minimum absolute atomic E-state index is 0.0629. The van der Waals surface area contributed by atoms with Crippen molar-refractivity contribution >= 4 is 62.8 Å². The molecule has 2 saturated heterocycles. The number of fused-ring (bicyclic) bond motifs is 4. The maximum atomic E-state index is 14.0. The Balaban J connectivity index is 1.05. The number of hydrogen-bond donors (Lipinski definition) is 1. The lowest BCUT2D eigenvalue weighted by Crippen LogP contribution is -2.51. The fraction of sp³-hybridized carbons (Fsp3) is 0.375. The van der Waals surface area contributed by atoms with Crippen molar-refractivity contribution in [2.24, 2.45) is 4.99 Å². The highest BCUT2D eigenvalue weighted by Gasteiger charge is 2.46. The number of pyridine rings is 1. The Morgan fingerprint density at radius 3 is 2.36 bits per heavy atom. The van der Waals surface area contributed by atoms with E-state index in [1.54, 1.807) is 30.2 Å². The van der Waals surface area contributed by atoms with E-state index in [1.165, 1.54) is 60.4 Å². The van der Waals surface area contributed by atoms with Crippen molar-refractivity contribution in [1.82, 2.24) is 14.8 Å². The molecule has 2 aromatic carbocycles. The van der Waals surface area contributed by atoms with Crippen LogP contribution in [0.2, 0.25) is 0 Å². The molecule has 7 rings (SSSR count). The van der Waals surface area contributed by atoms with Gasteiger partial charge < -0.3 is 38.6 Å². The quantitative estimate of drug-likeness (QED) is 0.0632. The zero-order chi connectivity index (χ0) is 42.0. The van der Waals surface area contributed by atoms with Crippen LogP contribution >= 0.6 is 21.6 Å². The zero-order valence-electron chi connectivity index (χ0n) is 32.5. The number of aromatic nitrogens is 1. The van der Waals surface area contributed by atoms with E-state index in [4.69, 9.17) is 23.7 Å². The summed E-state index contributed by atoms with van der Waals surface area (Å²) in [5.41, 5.74) is 2.59. The molecule has 2 fully saturated rings. The number of aliphatic hydroxyl groups excluding tert-OH is 1. The number of nitrogens with zero attached hydrogens (tertiary/aromatic N) is 6. The Morgan fingerprint density at radius 1 is 0.983 bits per heavy atom. The minimum Gasteiger partial charge on any atom is -0.493 e. The van der Waals surface area contributed by atoms with Gasteiger partial charge in [-0.1, -0.05) is 35.1 Å².